The van der Waals surface area contributed by atoms with E-state index in [-0.39, 0.29) is 23.2 Å². The summed E-state index contributed by atoms with van der Waals surface area (Å²) < 4.78 is 0. The molecular formula is C22H30ClN. The molecule has 0 amide bonds. The van der Waals surface area contributed by atoms with Crippen LogP contribution in [0.5, 0.6) is 0 Å². The van der Waals surface area contributed by atoms with Crippen molar-refractivity contribution in [1.82, 2.24) is 4.90 Å². The van der Waals surface area contributed by atoms with Crippen molar-refractivity contribution in [2.24, 2.45) is 0 Å². The van der Waals surface area contributed by atoms with E-state index in [9.17, 15) is 0 Å². The van der Waals surface area contributed by atoms with Crippen LogP contribution < -0.4 is 0 Å². The van der Waals surface area contributed by atoms with Crippen molar-refractivity contribution in [2.45, 2.75) is 43.9 Å². The Morgan fingerprint density at radius 2 is 1.46 bits per heavy atom. The molecule has 0 aliphatic heterocycles. The zero-order valence-electron chi connectivity index (χ0n) is 15.4. The SMILES string of the molecule is CN(C)CCCC1(c2ccccc2)CC(C)(C)c2ccccc21.Cl. The molecule has 0 aromatic heterocycles. The number of fused-ring (bicyclic) bond motifs is 1. The summed E-state index contributed by atoms with van der Waals surface area (Å²) in [5, 5.41) is 0. The molecule has 0 N–H and O–H groups in total. The van der Waals surface area contributed by atoms with Gasteiger partial charge in [0.1, 0.15) is 0 Å². The van der Waals surface area contributed by atoms with Crippen LogP contribution in [-0.4, -0.2) is 25.5 Å². The van der Waals surface area contributed by atoms with Gasteiger partial charge in [0.15, 0.2) is 0 Å². The van der Waals surface area contributed by atoms with E-state index in [0.717, 1.165) is 6.54 Å². The Labute approximate surface area is 153 Å². The summed E-state index contributed by atoms with van der Waals surface area (Å²) in [5.74, 6) is 0. The van der Waals surface area contributed by atoms with Crippen LogP contribution in [0.3, 0.4) is 0 Å². The van der Waals surface area contributed by atoms with Crippen molar-refractivity contribution < 1.29 is 0 Å². The minimum Gasteiger partial charge on any atom is -0.309 e. The molecule has 0 heterocycles. The maximum Gasteiger partial charge on any atom is 0.0214 e. The van der Waals surface area contributed by atoms with Crippen LogP contribution in [0.15, 0.2) is 54.6 Å². The number of rotatable bonds is 5. The molecule has 0 radical (unpaired) electrons. The maximum atomic E-state index is 2.41. The largest absolute Gasteiger partial charge is 0.309 e. The molecule has 0 saturated carbocycles. The molecular weight excluding hydrogens is 314 g/mol. The first-order valence-electron chi connectivity index (χ1n) is 8.76. The van der Waals surface area contributed by atoms with Crippen molar-refractivity contribution in [3.63, 3.8) is 0 Å². The Morgan fingerprint density at radius 3 is 2.08 bits per heavy atom. The molecule has 130 valence electrons. The standard InChI is InChI=1S/C22H29N.ClH/c1-21(2)17-22(15-10-16-23(3)4,18-11-6-5-7-12-18)20-14-9-8-13-19(20)21;/h5-9,11-14H,10,15-17H2,1-4H3;1H. The summed E-state index contributed by atoms with van der Waals surface area (Å²) in [4.78, 5) is 2.30. The van der Waals surface area contributed by atoms with Crippen molar-refractivity contribution in [2.75, 3.05) is 20.6 Å². The number of halogens is 1. The van der Waals surface area contributed by atoms with E-state index in [0.29, 0.717) is 0 Å². The second-order valence-electron chi connectivity index (χ2n) is 7.96. The van der Waals surface area contributed by atoms with Crippen molar-refractivity contribution in [3.8, 4) is 0 Å². The van der Waals surface area contributed by atoms with Crippen LogP contribution in [0.4, 0.5) is 0 Å². The minimum atomic E-state index is 0. The van der Waals surface area contributed by atoms with Gasteiger partial charge in [0.2, 0.25) is 0 Å². The monoisotopic (exact) mass is 343 g/mol. The van der Waals surface area contributed by atoms with Crippen LogP contribution in [0, 0.1) is 0 Å². The van der Waals surface area contributed by atoms with E-state index in [2.05, 4.69) is 87.4 Å². The van der Waals surface area contributed by atoms with E-state index in [1.54, 1.807) is 5.56 Å². The molecule has 1 nitrogen and oxygen atoms in total. The number of benzene rings is 2. The second-order valence-corrected chi connectivity index (χ2v) is 7.96. The molecule has 0 saturated heterocycles. The Balaban J connectivity index is 0.00000208. The van der Waals surface area contributed by atoms with Crippen LogP contribution in [0.25, 0.3) is 0 Å². The molecule has 0 bridgehead atoms. The van der Waals surface area contributed by atoms with E-state index in [1.165, 1.54) is 30.4 Å². The summed E-state index contributed by atoms with van der Waals surface area (Å²) in [7, 11) is 4.34. The topological polar surface area (TPSA) is 3.24 Å². The molecule has 0 fully saturated rings. The highest BCUT2D eigenvalue weighted by Gasteiger charge is 2.47. The molecule has 1 aliphatic carbocycles. The van der Waals surface area contributed by atoms with Gasteiger partial charge in [0, 0.05) is 5.41 Å². The van der Waals surface area contributed by atoms with Gasteiger partial charge >= 0.3 is 0 Å². The van der Waals surface area contributed by atoms with Crippen LogP contribution >= 0.6 is 12.4 Å². The van der Waals surface area contributed by atoms with Crippen LogP contribution in [-0.2, 0) is 10.8 Å². The molecule has 2 heteroatoms. The fraction of sp³-hybridized carbons (Fsp3) is 0.455. The molecule has 1 unspecified atom stereocenters. The molecule has 0 spiro atoms. The summed E-state index contributed by atoms with van der Waals surface area (Å²) in [5.41, 5.74) is 4.97. The van der Waals surface area contributed by atoms with E-state index < -0.39 is 0 Å². The highest BCUT2D eigenvalue weighted by Crippen LogP contribution is 2.54. The van der Waals surface area contributed by atoms with Gasteiger partial charge in [-0.1, -0.05) is 68.4 Å². The van der Waals surface area contributed by atoms with Gasteiger partial charge in [-0.25, -0.2) is 0 Å². The quantitative estimate of drug-likeness (QED) is 0.700. The van der Waals surface area contributed by atoms with Gasteiger partial charge in [-0.3, -0.25) is 0 Å². The average Bonchev–Trinajstić information content (AvgIpc) is 2.77. The fourth-order valence-corrected chi connectivity index (χ4v) is 4.51. The number of hydrogen-bond donors (Lipinski definition) is 0. The van der Waals surface area contributed by atoms with Gasteiger partial charge in [-0.05, 0) is 62.0 Å². The average molecular weight is 344 g/mol. The van der Waals surface area contributed by atoms with Gasteiger partial charge in [-0.2, -0.15) is 0 Å². The smallest absolute Gasteiger partial charge is 0.0214 e. The van der Waals surface area contributed by atoms with Gasteiger partial charge < -0.3 is 4.90 Å². The third kappa shape index (κ3) is 3.38. The van der Waals surface area contributed by atoms with Gasteiger partial charge in [0.05, 0.1) is 0 Å². The van der Waals surface area contributed by atoms with Crippen LogP contribution in [0.1, 0.15) is 49.8 Å². The lowest BCUT2D eigenvalue weighted by atomic mass is 9.70. The van der Waals surface area contributed by atoms with Gasteiger partial charge in [-0.15, -0.1) is 12.4 Å². The predicted octanol–water partition coefficient (Wildman–Crippen LogP) is 5.42. The Kier molecular flexibility index (Phi) is 5.78. The minimum absolute atomic E-state index is 0. The first-order chi connectivity index (χ1) is 11.0. The molecule has 1 aliphatic rings. The summed E-state index contributed by atoms with van der Waals surface area (Å²) in [6.07, 6.45) is 3.65. The Morgan fingerprint density at radius 1 is 0.875 bits per heavy atom. The predicted molar refractivity (Wildman–Crippen MR) is 106 cm³/mol. The molecule has 1 atom stereocenters. The summed E-state index contributed by atoms with van der Waals surface area (Å²) >= 11 is 0. The zero-order chi connectivity index (χ0) is 16.5. The van der Waals surface area contributed by atoms with Crippen molar-refractivity contribution >= 4 is 12.4 Å². The first-order valence-corrected chi connectivity index (χ1v) is 8.76. The first kappa shape index (κ1) is 19.0. The number of nitrogens with zero attached hydrogens (tertiary/aromatic N) is 1. The molecule has 2 aromatic rings. The van der Waals surface area contributed by atoms with E-state index >= 15 is 0 Å². The van der Waals surface area contributed by atoms with E-state index in [1.807, 2.05) is 0 Å². The van der Waals surface area contributed by atoms with Crippen molar-refractivity contribution in [1.29, 1.82) is 0 Å². The molecule has 2 aromatic carbocycles. The molecule has 24 heavy (non-hydrogen) atoms. The van der Waals surface area contributed by atoms with E-state index in [4.69, 9.17) is 0 Å². The second kappa shape index (κ2) is 7.29. The number of hydrogen-bond acceptors (Lipinski definition) is 1. The molecule has 3 rings (SSSR count). The van der Waals surface area contributed by atoms with Crippen molar-refractivity contribution in [3.05, 3.63) is 71.3 Å². The fourth-order valence-electron chi connectivity index (χ4n) is 4.51. The Hall–Kier alpha value is -1.31. The summed E-state index contributed by atoms with van der Waals surface area (Å²) in [6, 6.07) is 20.3. The highest BCUT2D eigenvalue weighted by molar-refractivity contribution is 5.85. The third-order valence-corrected chi connectivity index (χ3v) is 5.45. The summed E-state index contributed by atoms with van der Waals surface area (Å²) in [6.45, 7) is 5.96. The maximum absolute atomic E-state index is 2.41. The zero-order valence-corrected chi connectivity index (χ0v) is 16.2. The Bertz CT molecular complexity index is 663. The highest BCUT2D eigenvalue weighted by atomic mass is 35.5. The van der Waals surface area contributed by atoms with Gasteiger partial charge in [0.25, 0.3) is 0 Å². The normalized spacial score (nSPS) is 21.4. The third-order valence-electron chi connectivity index (χ3n) is 5.45. The lowest BCUT2D eigenvalue weighted by Gasteiger charge is -2.33. The lowest BCUT2D eigenvalue weighted by Crippen LogP contribution is -2.28. The lowest BCUT2D eigenvalue weighted by molar-refractivity contribution is 0.334. The van der Waals surface area contributed by atoms with Crippen LogP contribution in [0.2, 0.25) is 0 Å².